The quantitative estimate of drug-likeness (QED) is 0.712. The highest BCUT2D eigenvalue weighted by Crippen LogP contribution is 2.23. The van der Waals surface area contributed by atoms with E-state index in [-0.39, 0.29) is 12.0 Å². The van der Waals surface area contributed by atoms with E-state index in [9.17, 15) is 4.79 Å². The van der Waals surface area contributed by atoms with Gasteiger partial charge < -0.3 is 19.7 Å². The maximum Gasteiger partial charge on any atom is 0.337 e. The summed E-state index contributed by atoms with van der Waals surface area (Å²) >= 11 is 0. The second kappa shape index (κ2) is 9.96. The zero-order valence-corrected chi connectivity index (χ0v) is 18.0. The van der Waals surface area contributed by atoms with E-state index in [0.717, 1.165) is 35.8 Å². The van der Waals surface area contributed by atoms with E-state index in [4.69, 9.17) is 14.5 Å². The molecule has 158 valence electrons. The van der Waals surface area contributed by atoms with Crippen LogP contribution in [0.25, 0.3) is 0 Å². The molecule has 0 saturated carbocycles. The number of esters is 1. The van der Waals surface area contributed by atoms with Crippen LogP contribution in [0.1, 0.15) is 24.5 Å². The van der Waals surface area contributed by atoms with Crippen LogP contribution in [0.3, 0.4) is 0 Å². The van der Waals surface area contributed by atoms with Gasteiger partial charge in [-0.05, 0) is 43.0 Å². The van der Waals surface area contributed by atoms with Gasteiger partial charge in [-0.1, -0.05) is 42.5 Å². The molecular weight excluding hydrogens is 378 g/mol. The molecule has 0 saturated heterocycles. The Kier molecular flexibility index (Phi) is 7.12. The highest BCUT2D eigenvalue weighted by Gasteiger charge is 2.32. The van der Waals surface area contributed by atoms with Crippen molar-refractivity contribution in [2.45, 2.75) is 32.4 Å². The van der Waals surface area contributed by atoms with Crippen molar-refractivity contribution in [3.05, 3.63) is 77.0 Å². The number of rotatable bonds is 7. The molecule has 0 radical (unpaired) electrons. The number of hydrogen-bond donors (Lipinski definition) is 1. The van der Waals surface area contributed by atoms with Crippen LogP contribution < -0.4 is 10.1 Å². The summed E-state index contributed by atoms with van der Waals surface area (Å²) in [6.07, 6.45) is 1.61. The number of nitrogens with one attached hydrogen (secondary N) is 1. The normalized spacial score (nSPS) is 17.7. The smallest absolute Gasteiger partial charge is 0.337 e. The Morgan fingerprint density at radius 3 is 2.40 bits per heavy atom. The number of carbonyl (C=O) groups is 1. The molecule has 1 heterocycles. The third kappa shape index (κ3) is 5.00. The lowest BCUT2D eigenvalue weighted by Gasteiger charge is -2.35. The number of aliphatic imine (C=N–C) groups is 1. The molecule has 1 unspecified atom stereocenters. The van der Waals surface area contributed by atoms with Crippen LogP contribution >= 0.6 is 0 Å². The van der Waals surface area contributed by atoms with Gasteiger partial charge in [-0.15, -0.1) is 0 Å². The second-order valence-electron chi connectivity index (χ2n) is 7.26. The van der Waals surface area contributed by atoms with Gasteiger partial charge in [0.15, 0.2) is 5.96 Å². The van der Waals surface area contributed by atoms with Gasteiger partial charge in [-0.25, -0.2) is 9.79 Å². The Morgan fingerprint density at radius 1 is 1.07 bits per heavy atom. The molecule has 6 heteroatoms. The van der Waals surface area contributed by atoms with Crippen molar-refractivity contribution in [1.29, 1.82) is 0 Å². The van der Waals surface area contributed by atoms with Gasteiger partial charge in [-0.2, -0.15) is 0 Å². The number of nitrogens with zero attached hydrogens (tertiary/aromatic N) is 2. The fourth-order valence-corrected chi connectivity index (χ4v) is 3.54. The van der Waals surface area contributed by atoms with Gasteiger partial charge in [0.05, 0.1) is 32.4 Å². The summed E-state index contributed by atoms with van der Waals surface area (Å²) in [5.41, 5.74) is 3.82. The number of ether oxygens (including phenoxy) is 2. The minimum atomic E-state index is -0.306. The number of hydrogen-bond acceptors (Lipinski definition) is 4. The maximum atomic E-state index is 12.5. The number of methoxy groups -OCH3 is 2. The molecule has 0 aliphatic carbocycles. The summed E-state index contributed by atoms with van der Waals surface area (Å²) in [5.74, 6) is 1.26. The molecule has 1 aliphatic rings. The molecule has 0 aromatic heterocycles. The fourth-order valence-electron chi connectivity index (χ4n) is 3.54. The van der Waals surface area contributed by atoms with Crippen LogP contribution in [0, 0.1) is 0 Å². The average Bonchev–Trinajstić information content (AvgIpc) is 2.79. The first-order valence-corrected chi connectivity index (χ1v) is 10.0. The summed E-state index contributed by atoms with van der Waals surface area (Å²) < 4.78 is 10.3. The van der Waals surface area contributed by atoms with Gasteiger partial charge in [0, 0.05) is 12.7 Å². The number of guanidine groups is 1. The monoisotopic (exact) mass is 407 g/mol. The molecule has 6 nitrogen and oxygen atoms in total. The molecule has 1 N–H and O–H groups in total. The third-order valence-corrected chi connectivity index (χ3v) is 5.40. The van der Waals surface area contributed by atoms with E-state index in [0.29, 0.717) is 12.1 Å². The van der Waals surface area contributed by atoms with E-state index in [1.54, 1.807) is 7.11 Å². The molecule has 3 rings (SSSR count). The molecule has 0 spiro atoms. The molecule has 30 heavy (non-hydrogen) atoms. The maximum absolute atomic E-state index is 12.5. The standard InChI is InChI=1S/C24H29N3O3/c1-17-22(23(28)30-4)21(15-12-18-8-6-5-7-9-18)26-24(27(17)2)25-16-19-10-13-20(29-3)14-11-19/h5-11,13-14,21H,12,15-16H2,1-4H3,(H,25,26). The molecule has 0 amide bonds. The number of aryl methyl sites for hydroxylation is 1. The van der Waals surface area contributed by atoms with E-state index in [2.05, 4.69) is 17.4 Å². The van der Waals surface area contributed by atoms with Crippen LogP contribution in [0.2, 0.25) is 0 Å². The van der Waals surface area contributed by atoms with Crippen molar-refractivity contribution >= 4 is 11.9 Å². The van der Waals surface area contributed by atoms with Crippen LogP contribution in [0.5, 0.6) is 5.75 Å². The first kappa shape index (κ1) is 21.4. The summed E-state index contributed by atoms with van der Waals surface area (Å²) in [5, 5.41) is 3.45. The van der Waals surface area contributed by atoms with Crippen LogP contribution in [-0.2, 0) is 22.5 Å². The molecule has 1 aliphatic heterocycles. The zero-order valence-electron chi connectivity index (χ0n) is 18.0. The summed E-state index contributed by atoms with van der Waals surface area (Å²) in [7, 11) is 4.98. The fraction of sp³-hybridized carbons (Fsp3) is 0.333. The predicted octanol–water partition coefficient (Wildman–Crippen LogP) is 3.53. The zero-order chi connectivity index (χ0) is 21.5. The highest BCUT2D eigenvalue weighted by molar-refractivity contribution is 5.95. The van der Waals surface area contributed by atoms with Gasteiger partial charge in [-0.3, -0.25) is 0 Å². The van der Waals surface area contributed by atoms with Crippen molar-refractivity contribution in [3.63, 3.8) is 0 Å². The first-order valence-electron chi connectivity index (χ1n) is 10.0. The Bertz CT molecular complexity index is 920. The van der Waals surface area contributed by atoms with Crippen molar-refractivity contribution in [1.82, 2.24) is 10.2 Å². The molecule has 2 aromatic rings. The molecule has 1 atom stereocenters. The first-order chi connectivity index (χ1) is 14.5. The van der Waals surface area contributed by atoms with Gasteiger partial charge in [0.2, 0.25) is 0 Å². The van der Waals surface area contributed by atoms with Crippen LogP contribution in [0.15, 0.2) is 70.9 Å². The van der Waals surface area contributed by atoms with E-state index in [1.807, 2.05) is 61.3 Å². The average molecular weight is 408 g/mol. The number of allylic oxidation sites excluding steroid dienone is 1. The molecular formula is C24H29N3O3. The van der Waals surface area contributed by atoms with Crippen LogP contribution in [-0.4, -0.2) is 44.1 Å². The summed E-state index contributed by atoms with van der Waals surface area (Å²) in [6, 6.07) is 18.0. The Hall–Kier alpha value is -3.28. The SMILES string of the molecule is COC(=O)C1=C(C)N(C)C(=NCc2ccc(OC)cc2)NC1CCc1ccccc1. The van der Waals surface area contributed by atoms with Gasteiger partial charge in [0.25, 0.3) is 0 Å². The lowest BCUT2D eigenvalue weighted by molar-refractivity contribution is -0.136. The van der Waals surface area contributed by atoms with E-state index < -0.39 is 0 Å². The molecule has 2 aromatic carbocycles. The van der Waals surface area contributed by atoms with E-state index in [1.165, 1.54) is 12.7 Å². The predicted molar refractivity (Wildman–Crippen MR) is 118 cm³/mol. The lowest BCUT2D eigenvalue weighted by atomic mass is 9.95. The summed E-state index contributed by atoms with van der Waals surface area (Å²) in [6.45, 7) is 2.47. The number of benzene rings is 2. The topological polar surface area (TPSA) is 63.2 Å². The van der Waals surface area contributed by atoms with Crippen molar-refractivity contribution in [2.75, 3.05) is 21.3 Å². The van der Waals surface area contributed by atoms with Crippen molar-refractivity contribution < 1.29 is 14.3 Å². The van der Waals surface area contributed by atoms with Gasteiger partial charge in [0.1, 0.15) is 5.75 Å². The lowest BCUT2D eigenvalue weighted by Crippen LogP contribution is -2.51. The highest BCUT2D eigenvalue weighted by atomic mass is 16.5. The Labute approximate surface area is 178 Å². The minimum absolute atomic E-state index is 0.163. The molecule has 0 bridgehead atoms. The van der Waals surface area contributed by atoms with Crippen LogP contribution in [0.4, 0.5) is 0 Å². The van der Waals surface area contributed by atoms with Crippen molar-refractivity contribution in [2.24, 2.45) is 4.99 Å². The van der Waals surface area contributed by atoms with Crippen molar-refractivity contribution in [3.8, 4) is 5.75 Å². The Morgan fingerprint density at radius 2 is 1.77 bits per heavy atom. The van der Waals surface area contributed by atoms with Gasteiger partial charge >= 0.3 is 5.97 Å². The second-order valence-corrected chi connectivity index (χ2v) is 7.26. The number of carbonyl (C=O) groups excluding carboxylic acids is 1. The Balaban J connectivity index is 1.81. The minimum Gasteiger partial charge on any atom is -0.497 e. The van der Waals surface area contributed by atoms with E-state index >= 15 is 0 Å². The molecule has 0 fully saturated rings. The summed E-state index contributed by atoms with van der Waals surface area (Å²) in [4.78, 5) is 19.2. The third-order valence-electron chi connectivity index (χ3n) is 5.40. The largest absolute Gasteiger partial charge is 0.497 e.